The number of amides is 2. The van der Waals surface area contributed by atoms with Crippen molar-refractivity contribution in [2.24, 2.45) is 5.41 Å². The number of aliphatic hydroxyl groups excluding tert-OH is 2. The Morgan fingerprint density at radius 3 is 2.12 bits per heavy atom. The molecule has 2 rings (SSSR count). The standard InChI is InChI=1S/C25H32N2O5/c1-4-25(2,3)22(29)21(16-28)26-23(30)20(15-18-11-7-5-8-12-18)27-24(31)32-17-19-13-9-6-10-14-19/h4-14,20-22,28-29H,1,15-17H2,2-3H3,(H,26,30)(H,27,31)/t20-,21-,22-/m0/s1. The lowest BCUT2D eigenvalue weighted by atomic mass is 9.83. The van der Waals surface area contributed by atoms with Crippen molar-refractivity contribution in [3.05, 3.63) is 84.4 Å². The van der Waals surface area contributed by atoms with Gasteiger partial charge in [0.1, 0.15) is 12.6 Å². The van der Waals surface area contributed by atoms with Crippen molar-refractivity contribution < 1.29 is 24.5 Å². The van der Waals surface area contributed by atoms with E-state index in [0.717, 1.165) is 11.1 Å². The molecule has 0 unspecified atom stereocenters. The fraction of sp³-hybridized carbons (Fsp3) is 0.360. The summed E-state index contributed by atoms with van der Waals surface area (Å²) in [5.41, 5.74) is 0.919. The van der Waals surface area contributed by atoms with Gasteiger partial charge in [-0.2, -0.15) is 0 Å². The molecule has 0 spiro atoms. The molecule has 0 radical (unpaired) electrons. The SMILES string of the molecule is C=CC(C)(C)[C@@H](O)[C@H](CO)NC(=O)[C@H](Cc1ccccc1)NC(=O)OCc1ccccc1. The van der Waals surface area contributed by atoms with Crippen LogP contribution in [0, 0.1) is 5.41 Å². The second-order valence-corrected chi connectivity index (χ2v) is 8.22. The van der Waals surface area contributed by atoms with Gasteiger partial charge in [-0.3, -0.25) is 4.79 Å². The van der Waals surface area contributed by atoms with Gasteiger partial charge in [0, 0.05) is 11.8 Å². The molecule has 3 atom stereocenters. The minimum absolute atomic E-state index is 0.0673. The number of alkyl carbamates (subject to hydrolysis) is 1. The first-order valence-electron chi connectivity index (χ1n) is 10.5. The summed E-state index contributed by atoms with van der Waals surface area (Å²) >= 11 is 0. The van der Waals surface area contributed by atoms with Crippen molar-refractivity contribution in [1.29, 1.82) is 0 Å². The molecule has 0 aliphatic heterocycles. The van der Waals surface area contributed by atoms with E-state index < -0.39 is 42.2 Å². The van der Waals surface area contributed by atoms with Crippen LogP contribution in [0.5, 0.6) is 0 Å². The Bertz CT molecular complexity index is 870. The number of hydrogen-bond donors (Lipinski definition) is 4. The van der Waals surface area contributed by atoms with Crippen molar-refractivity contribution in [1.82, 2.24) is 10.6 Å². The quantitative estimate of drug-likeness (QED) is 0.402. The van der Waals surface area contributed by atoms with Crippen molar-refractivity contribution in [2.75, 3.05) is 6.61 Å². The topological polar surface area (TPSA) is 108 Å². The van der Waals surface area contributed by atoms with E-state index in [1.807, 2.05) is 60.7 Å². The van der Waals surface area contributed by atoms with Crippen LogP contribution in [0.15, 0.2) is 73.3 Å². The molecule has 0 aromatic heterocycles. The fourth-order valence-corrected chi connectivity index (χ4v) is 3.11. The van der Waals surface area contributed by atoms with Crippen LogP contribution in [-0.2, 0) is 22.6 Å². The molecule has 0 fully saturated rings. The Hall–Kier alpha value is -3.16. The molecule has 0 saturated carbocycles. The first kappa shape index (κ1) is 25.1. The Labute approximate surface area is 189 Å². The normalized spacial score (nSPS) is 14.0. The second-order valence-electron chi connectivity index (χ2n) is 8.22. The maximum Gasteiger partial charge on any atom is 0.408 e. The lowest BCUT2D eigenvalue weighted by Gasteiger charge is -2.34. The Kier molecular flexibility index (Phi) is 9.43. The van der Waals surface area contributed by atoms with Crippen LogP contribution in [0.4, 0.5) is 4.79 Å². The highest BCUT2D eigenvalue weighted by molar-refractivity contribution is 5.86. The van der Waals surface area contributed by atoms with Crippen LogP contribution >= 0.6 is 0 Å². The van der Waals surface area contributed by atoms with Crippen LogP contribution in [0.2, 0.25) is 0 Å². The van der Waals surface area contributed by atoms with Gasteiger partial charge >= 0.3 is 6.09 Å². The maximum absolute atomic E-state index is 13.0. The number of nitrogens with one attached hydrogen (secondary N) is 2. The molecule has 0 heterocycles. The summed E-state index contributed by atoms with van der Waals surface area (Å²) < 4.78 is 5.25. The van der Waals surface area contributed by atoms with E-state index in [4.69, 9.17) is 4.74 Å². The van der Waals surface area contributed by atoms with Crippen LogP contribution in [0.25, 0.3) is 0 Å². The summed E-state index contributed by atoms with van der Waals surface area (Å²) in [4.78, 5) is 25.4. The summed E-state index contributed by atoms with van der Waals surface area (Å²) in [6.07, 6.45) is -0.0342. The molecule has 4 N–H and O–H groups in total. The van der Waals surface area contributed by atoms with Crippen molar-refractivity contribution in [2.45, 2.75) is 45.1 Å². The molecular formula is C25H32N2O5. The minimum Gasteiger partial charge on any atom is -0.445 e. The molecule has 2 aromatic carbocycles. The summed E-state index contributed by atoms with van der Waals surface area (Å²) in [6, 6.07) is 16.5. The number of carbonyl (C=O) groups is 2. The average Bonchev–Trinajstić information content (AvgIpc) is 2.81. The minimum atomic E-state index is -1.07. The Morgan fingerprint density at radius 2 is 1.59 bits per heavy atom. The van der Waals surface area contributed by atoms with E-state index in [-0.39, 0.29) is 13.0 Å². The Morgan fingerprint density at radius 1 is 1.03 bits per heavy atom. The highest BCUT2D eigenvalue weighted by Crippen LogP contribution is 2.24. The molecular weight excluding hydrogens is 408 g/mol. The van der Waals surface area contributed by atoms with Gasteiger partial charge in [0.2, 0.25) is 5.91 Å². The van der Waals surface area contributed by atoms with Gasteiger partial charge in [-0.1, -0.05) is 80.6 Å². The van der Waals surface area contributed by atoms with Gasteiger partial charge in [-0.05, 0) is 11.1 Å². The smallest absolute Gasteiger partial charge is 0.408 e. The van der Waals surface area contributed by atoms with Gasteiger partial charge in [0.25, 0.3) is 0 Å². The molecule has 172 valence electrons. The zero-order valence-electron chi connectivity index (χ0n) is 18.5. The number of rotatable bonds is 11. The molecule has 7 nitrogen and oxygen atoms in total. The molecule has 2 amide bonds. The van der Waals surface area contributed by atoms with E-state index in [2.05, 4.69) is 17.2 Å². The van der Waals surface area contributed by atoms with Gasteiger partial charge in [-0.15, -0.1) is 6.58 Å². The third kappa shape index (κ3) is 7.51. The predicted molar refractivity (Wildman–Crippen MR) is 123 cm³/mol. The highest BCUT2D eigenvalue weighted by Gasteiger charge is 2.34. The molecule has 0 bridgehead atoms. The lowest BCUT2D eigenvalue weighted by Crippen LogP contribution is -2.56. The van der Waals surface area contributed by atoms with Crippen molar-refractivity contribution >= 4 is 12.0 Å². The summed E-state index contributed by atoms with van der Waals surface area (Å²) in [5.74, 6) is -0.538. The van der Waals surface area contributed by atoms with Crippen LogP contribution in [0.1, 0.15) is 25.0 Å². The lowest BCUT2D eigenvalue weighted by molar-refractivity contribution is -0.125. The molecule has 0 aliphatic carbocycles. The molecule has 32 heavy (non-hydrogen) atoms. The number of carbonyl (C=O) groups excluding carboxylic acids is 2. The van der Waals surface area contributed by atoms with E-state index in [9.17, 15) is 19.8 Å². The fourth-order valence-electron chi connectivity index (χ4n) is 3.11. The molecule has 0 aliphatic rings. The largest absolute Gasteiger partial charge is 0.445 e. The van der Waals surface area contributed by atoms with Gasteiger partial charge < -0.3 is 25.6 Å². The molecule has 2 aromatic rings. The third-order valence-corrected chi connectivity index (χ3v) is 5.30. The van der Waals surface area contributed by atoms with E-state index in [1.165, 1.54) is 0 Å². The van der Waals surface area contributed by atoms with Crippen molar-refractivity contribution in [3.8, 4) is 0 Å². The van der Waals surface area contributed by atoms with Gasteiger partial charge in [0.05, 0.1) is 18.8 Å². The van der Waals surface area contributed by atoms with Crippen LogP contribution < -0.4 is 10.6 Å². The number of aliphatic hydroxyl groups is 2. The third-order valence-electron chi connectivity index (χ3n) is 5.30. The van der Waals surface area contributed by atoms with Gasteiger partial charge in [-0.25, -0.2) is 4.79 Å². The van der Waals surface area contributed by atoms with E-state index >= 15 is 0 Å². The molecule has 0 saturated heterocycles. The number of benzene rings is 2. The Balaban J connectivity index is 2.09. The summed E-state index contributed by atoms with van der Waals surface area (Å²) in [7, 11) is 0. The highest BCUT2D eigenvalue weighted by atomic mass is 16.5. The van der Waals surface area contributed by atoms with Crippen LogP contribution in [-0.4, -0.2) is 47.0 Å². The van der Waals surface area contributed by atoms with E-state index in [0.29, 0.717) is 0 Å². The predicted octanol–water partition coefficient (Wildman–Crippen LogP) is 2.57. The second kappa shape index (κ2) is 12.0. The zero-order chi connectivity index (χ0) is 23.6. The first-order valence-corrected chi connectivity index (χ1v) is 10.5. The molecule has 7 heteroatoms. The number of hydrogen-bond acceptors (Lipinski definition) is 5. The summed E-state index contributed by atoms with van der Waals surface area (Å²) in [6.45, 7) is 6.79. The summed E-state index contributed by atoms with van der Waals surface area (Å²) in [5, 5.41) is 25.6. The van der Waals surface area contributed by atoms with Gasteiger partial charge in [0.15, 0.2) is 0 Å². The first-order chi connectivity index (χ1) is 15.3. The monoisotopic (exact) mass is 440 g/mol. The van der Waals surface area contributed by atoms with Crippen molar-refractivity contribution in [3.63, 3.8) is 0 Å². The average molecular weight is 441 g/mol. The zero-order valence-corrected chi connectivity index (χ0v) is 18.5. The maximum atomic E-state index is 13.0. The van der Waals surface area contributed by atoms with Crippen LogP contribution in [0.3, 0.4) is 0 Å². The number of ether oxygens (including phenoxy) is 1. The van der Waals surface area contributed by atoms with E-state index in [1.54, 1.807) is 19.9 Å².